The molecule has 2 N–H and O–H groups in total. The summed E-state index contributed by atoms with van der Waals surface area (Å²) in [6.07, 6.45) is 1.63. The lowest BCUT2D eigenvalue weighted by Crippen LogP contribution is -2.41. The van der Waals surface area contributed by atoms with E-state index in [0.717, 1.165) is 16.2 Å². The average molecular weight is 494 g/mol. The molecule has 9 heteroatoms. The van der Waals surface area contributed by atoms with Crippen molar-refractivity contribution in [1.29, 1.82) is 0 Å². The van der Waals surface area contributed by atoms with E-state index in [2.05, 4.69) is 10.9 Å². The number of carbonyl (C=O) groups excluding carboxylic acids is 2. The molecule has 0 bridgehead atoms. The van der Waals surface area contributed by atoms with Gasteiger partial charge in [0, 0.05) is 33.5 Å². The van der Waals surface area contributed by atoms with E-state index in [1.165, 1.54) is 16.7 Å². The highest BCUT2D eigenvalue weighted by molar-refractivity contribution is 7.98. The van der Waals surface area contributed by atoms with E-state index in [1.807, 2.05) is 36.4 Å². The Balaban J connectivity index is 1.27. The third kappa shape index (κ3) is 6.18. The highest BCUT2D eigenvalue weighted by Crippen LogP contribution is 2.24. The van der Waals surface area contributed by atoms with E-state index >= 15 is 0 Å². The zero-order valence-electron chi connectivity index (χ0n) is 17.9. The quantitative estimate of drug-likeness (QED) is 0.292. The van der Waals surface area contributed by atoms with Crippen LogP contribution in [0.5, 0.6) is 0 Å². The molecule has 4 rings (SSSR count). The van der Waals surface area contributed by atoms with Crippen molar-refractivity contribution < 1.29 is 14.0 Å². The van der Waals surface area contributed by atoms with E-state index in [0.29, 0.717) is 16.3 Å². The third-order valence-corrected chi connectivity index (χ3v) is 6.17. The second-order valence-electron chi connectivity index (χ2n) is 7.28. The van der Waals surface area contributed by atoms with Gasteiger partial charge in [0.05, 0.1) is 6.54 Å². The molecule has 0 spiro atoms. The van der Waals surface area contributed by atoms with E-state index in [9.17, 15) is 14.4 Å². The molecule has 0 unspecified atom stereocenters. The van der Waals surface area contributed by atoms with Crippen LogP contribution >= 0.6 is 23.4 Å². The van der Waals surface area contributed by atoms with Crippen LogP contribution in [0.15, 0.2) is 99.2 Å². The fourth-order valence-corrected chi connectivity index (χ4v) is 4.02. The summed E-state index contributed by atoms with van der Waals surface area (Å²) >= 11 is 7.57. The van der Waals surface area contributed by atoms with Crippen LogP contribution in [0.25, 0.3) is 0 Å². The number of nitrogens with zero attached hydrogens (tertiary/aromatic N) is 1. The van der Waals surface area contributed by atoms with Crippen LogP contribution in [-0.2, 0) is 12.3 Å². The normalized spacial score (nSPS) is 10.6. The number of thioether (sulfide) groups is 1. The molecule has 0 aliphatic carbocycles. The molecular weight excluding hydrogens is 474 g/mol. The molecule has 0 aliphatic heterocycles. The Kier molecular flexibility index (Phi) is 7.51. The number of aromatic nitrogens is 1. The Morgan fingerprint density at radius 1 is 0.882 bits per heavy atom. The van der Waals surface area contributed by atoms with E-state index in [4.69, 9.17) is 16.0 Å². The van der Waals surface area contributed by atoms with Crippen molar-refractivity contribution in [3.8, 4) is 0 Å². The first-order valence-electron chi connectivity index (χ1n) is 10.3. The number of hydrogen-bond acceptors (Lipinski definition) is 5. The highest BCUT2D eigenvalue weighted by atomic mass is 35.5. The number of rotatable bonds is 7. The van der Waals surface area contributed by atoms with Crippen molar-refractivity contribution in [2.24, 2.45) is 0 Å². The molecule has 34 heavy (non-hydrogen) atoms. The molecular formula is C25H20ClN3O4S. The number of hydrogen-bond donors (Lipinski definition) is 2. The molecule has 2 amide bonds. The van der Waals surface area contributed by atoms with Gasteiger partial charge in [-0.05, 0) is 60.2 Å². The molecule has 0 fully saturated rings. The lowest BCUT2D eigenvalue weighted by Gasteiger charge is -2.07. The van der Waals surface area contributed by atoms with Crippen molar-refractivity contribution in [1.82, 2.24) is 15.4 Å². The minimum atomic E-state index is -0.601. The summed E-state index contributed by atoms with van der Waals surface area (Å²) in [5, 5.41) is 0.698. The van der Waals surface area contributed by atoms with Crippen LogP contribution in [0.4, 0.5) is 0 Å². The van der Waals surface area contributed by atoms with Gasteiger partial charge in [-0.25, -0.2) is 0 Å². The zero-order valence-corrected chi connectivity index (χ0v) is 19.4. The van der Waals surface area contributed by atoms with Crippen LogP contribution in [0.3, 0.4) is 0 Å². The highest BCUT2D eigenvalue weighted by Gasteiger charge is 2.13. The Morgan fingerprint density at radius 3 is 2.35 bits per heavy atom. The summed E-state index contributed by atoms with van der Waals surface area (Å²) in [7, 11) is 0. The molecule has 2 heterocycles. The number of furan rings is 1. The first kappa shape index (κ1) is 23.4. The molecule has 7 nitrogen and oxygen atoms in total. The number of pyridine rings is 1. The van der Waals surface area contributed by atoms with Gasteiger partial charge in [0.2, 0.25) is 0 Å². The Bertz CT molecular complexity index is 1350. The van der Waals surface area contributed by atoms with Crippen molar-refractivity contribution in [3.63, 3.8) is 0 Å². The molecule has 4 aromatic rings. The van der Waals surface area contributed by atoms with Crippen molar-refractivity contribution in [2.75, 3.05) is 0 Å². The van der Waals surface area contributed by atoms with Crippen LogP contribution < -0.4 is 16.4 Å². The van der Waals surface area contributed by atoms with Crippen molar-refractivity contribution >= 4 is 35.2 Å². The van der Waals surface area contributed by atoms with E-state index in [1.54, 1.807) is 48.3 Å². The predicted octanol–water partition coefficient (Wildman–Crippen LogP) is 4.51. The maximum atomic E-state index is 12.4. The fraction of sp³-hybridized carbons (Fsp3) is 0.0800. The van der Waals surface area contributed by atoms with Crippen molar-refractivity contribution in [2.45, 2.75) is 17.2 Å². The maximum Gasteiger partial charge on any atom is 0.305 e. The SMILES string of the molecule is O=C(NNC(=O)c1ccc(Cn2ccccc2=O)o1)c1ccc(CSc2ccc(Cl)cc2)cc1. The Morgan fingerprint density at radius 2 is 1.62 bits per heavy atom. The minimum absolute atomic E-state index is 0.0221. The smallest absolute Gasteiger partial charge is 0.305 e. The molecule has 172 valence electrons. The van der Waals surface area contributed by atoms with Crippen LogP contribution in [-0.4, -0.2) is 16.4 Å². The third-order valence-electron chi connectivity index (χ3n) is 4.84. The van der Waals surface area contributed by atoms with Crippen LogP contribution in [0.2, 0.25) is 5.02 Å². The molecule has 0 radical (unpaired) electrons. The van der Waals surface area contributed by atoms with E-state index in [-0.39, 0.29) is 17.9 Å². The summed E-state index contributed by atoms with van der Waals surface area (Å²) in [5.74, 6) is 0.158. The number of nitrogens with one attached hydrogen (secondary N) is 2. The topological polar surface area (TPSA) is 93.3 Å². The number of hydrazine groups is 1. The zero-order chi connectivity index (χ0) is 23.9. The lowest BCUT2D eigenvalue weighted by atomic mass is 10.1. The molecule has 0 atom stereocenters. The predicted molar refractivity (Wildman–Crippen MR) is 131 cm³/mol. The van der Waals surface area contributed by atoms with Crippen LogP contribution in [0.1, 0.15) is 32.2 Å². The summed E-state index contributed by atoms with van der Waals surface area (Å²) in [4.78, 5) is 37.6. The monoisotopic (exact) mass is 493 g/mol. The van der Waals surface area contributed by atoms with Gasteiger partial charge in [0.25, 0.3) is 11.5 Å². The van der Waals surface area contributed by atoms with Gasteiger partial charge < -0.3 is 8.98 Å². The standard InChI is InChI=1S/C25H20ClN3O4S/c26-19-8-11-21(12-9-19)34-16-17-4-6-18(7-5-17)24(31)27-28-25(32)22-13-10-20(33-22)15-29-14-2-1-3-23(29)30/h1-14H,15-16H2,(H,27,31)(H,28,32). The number of carbonyl (C=O) groups is 2. The summed E-state index contributed by atoms with van der Waals surface area (Å²) in [6.45, 7) is 0.196. The first-order chi connectivity index (χ1) is 16.5. The fourth-order valence-electron chi connectivity index (χ4n) is 3.04. The second kappa shape index (κ2) is 10.9. The Labute approximate surface area is 204 Å². The van der Waals surface area contributed by atoms with Gasteiger partial charge in [-0.2, -0.15) is 0 Å². The van der Waals surface area contributed by atoms with Crippen LogP contribution in [0, 0.1) is 0 Å². The summed E-state index contributed by atoms with van der Waals surface area (Å²) in [6, 6.07) is 22.7. The molecule has 2 aromatic heterocycles. The second-order valence-corrected chi connectivity index (χ2v) is 8.77. The lowest BCUT2D eigenvalue weighted by molar-refractivity contribution is 0.0830. The van der Waals surface area contributed by atoms with Gasteiger partial charge in [-0.15, -0.1) is 11.8 Å². The number of halogens is 1. The Hall–Kier alpha value is -3.75. The molecule has 0 saturated carbocycles. The van der Waals surface area contributed by atoms with Crippen molar-refractivity contribution in [3.05, 3.63) is 123 Å². The van der Waals surface area contributed by atoms with Gasteiger partial charge in [0.1, 0.15) is 5.76 Å². The largest absolute Gasteiger partial charge is 0.454 e. The van der Waals surface area contributed by atoms with E-state index < -0.39 is 11.8 Å². The minimum Gasteiger partial charge on any atom is -0.454 e. The van der Waals surface area contributed by atoms with Gasteiger partial charge in [-0.3, -0.25) is 25.2 Å². The van der Waals surface area contributed by atoms with Gasteiger partial charge >= 0.3 is 5.91 Å². The molecule has 0 aliphatic rings. The first-order valence-corrected chi connectivity index (χ1v) is 11.7. The maximum absolute atomic E-state index is 12.4. The number of benzene rings is 2. The molecule has 2 aromatic carbocycles. The summed E-state index contributed by atoms with van der Waals surface area (Å²) < 4.78 is 6.95. The summed E-state index contributed by atoms with van der Waals surface area (Å²) in [5.41, 5.74) is 6.00. The molecule has 0 saturated heterocycles. The number of amides is 2. The van der Waals surface area contributed by atoms with Gasteiger partial charge in [-0.1, -0.05) is 29.8 Å². The average Bonchev–Trinajstić information content (AvgIpc) is 3.32. The van der Waals surface area contributed by atoms with Gasteiger partial charge in [0.15, 0.2) is 5.76 Å².